The fourth-order valence-corrected chi connectivity index (χ4v) is 10.1. The van der Waals surface area contributed by atoms with E-state index < -0.39 is 54.4 Å². The average molecular weight is 592 g/mol. The third kappa shape index (κ3) is 6.84. The Bertz CT molecular complexity index is 1240. The molecule has 0 spiro atoms. The first-order chi connectivity index (χ1) is 18.5. The Kier molecular flexibility index (Phi) is 8.69. The molecule has 40 heavy (non-hydrogen) atoms. The van der Waals surface area contributed by atoms with Crippen LogP contribution in [0.25, 0.3) is 0 Å². The van der Waals surface area contributed by atoms with Gasteiger partial charge in [0.15, 0.2) is 11.6 Å². The van der Waals surface area contributed by atoms with Crippen molar-refractivity contribution in [3.63, 3.8) is 0 Å². The van der Waals surface area contributed by atoms with Crippen LogP contribution in [0.4, 0.5) is 0 Å². The molecule has 2 fully saturated rings. The first kappa shape index (κ1) is 30.8. The molecule has 2 aromatic carbocycles. The minimum absolute atomic E-state index is 0.135. The van der Waals surface area contributed by atoms with E-state index in [9.17, 15) is 8.42 Å². The van der Waals surface area contributed by atoms with Crippen molar-refractivity contribution in [3.05, 3.63) is 60.7 Å². The van der Waals surface area contributed by atoms with Crippen LogP contribution in [0.5, 0.6) is 0 Å². The maximum Gasteiger partial charge on any atom is 0.354 e. The second kappa shape index (κ2) is 11.3. The number of hydrogen-bond acceptors (Lipinski definition) is 9. The zero-order valence-electron chi connectivity index (χ0n) is 24.5. The van der Waals surface area contributed by atoms with Crippen LogP contribution in [-0.2, 0) is 37.8 Å². The van der Waals surface area contributed by atoms with Gasteiger partial charge in [-0.05, 0) is 38.1 Å². The Labute approximate surface area is 239 Å². The number of nitrogens with zero attached hydrogens (tertiary/aromatic N) is 1. The molecule has 0 amide bonds. The monoisotopic (exact) mass is 591 g/mol. The molecule has 0 N–H and O–H groups in total. The summed E-state index contributed by atoms with van der Waals surface area (Å²) >= 11 is 0. The Morgan fingerprint density at radius 2 is 1.48 bits per heavy atom. The van der Waals surface area contributed by atoms with E-state index in [1.54, 1.807) is 33.9 Å². The van der Waals surface area contributed by atoms with Crippen LogP contribution in [0, 0.1) is 0 Å². The van der Waals surface area contributed by atoms with Crippen molar-refractivity contribution < 1.29 is 36.1 Å². The molecule has 0 saturated carbocycles. The van der Waals surface area contributed by atoms with Gasteiger partial charge >= 0.3 is 8.32 Å². The van der Waals surface area contributed by atoms with Crippen molar-refractivity contribution in [1.29, 1.82) is 0 Å². The van der Waals surface area contributed by atoms with Crippen LogP contribution in [0.15, 0.2) is 65.8 Å². The van der Waals surface area contributed by atoms with E-state index in [0.717, 1.165) is 16.6 Å². The summed E-state index contributed by atoms with van der Waals surface area (Å²) in [6, 6.07) is 20.3. The minimum atomic E-state index is -3.87. The first-order valence-corrected chi connectivity index (χ1v) is 17.1. The van der Waals surface area contributed by atoms with Crippen molar-refractivity contribution in [3.8, 4) is 0 Å². The summed E-state index contributed by atoms with van der Waals surface area (Å²) in [7, 11) is -6.83. The molecule has 2 heterocycles. The summed E-state index contributed by atoms with van der Waals surface area (Å²) in [4.78, 5) is 0. The lowest BCUT2D eigenvalue weighted by Crippen LogP contribution is -2.65. The standard InChI is InChI=1S/C29H41NO8SSi/c1-27(2,3)40(21-15-11-9-12-16-21,22-17-13-10-14-18-22)38-30-19-23-25(36-29(6,7)34-23)26(37-39(8,31)32)24-20-33-28(4,5)35-24/h9-19,23-26H,20H2,1-8H3/b30-19+/t23-,24+,25-,26-/m1/s1. The lowest BCUT2D eigenvalue weighted by molar-refractivity contribution is -0.174. The summed E-state index contributed by atoms with van der Waals surface area (Å²) in [5.74, 6) is -1.93. The molecule has 2 aromatic rings. The van der Waals surface area contributed by atoms with Gasteiger partial charge in [-0.1, -0.05) is 81.4 Å². The Morgan fingerprint density at radius 3 is 1.93 bits per heavy atom. The highest BCUT2D eigenvalue weighted by Crippen LogP contribution is 2.38. The summed E-state index contributed by atoms with van der Waals surface area (Å²) in [5.41, 5.74) is 0. The van der Waals surface area contributed by atoms with Gasteiger partial charge in [0.25, 0.3) is 10.1 Å². The molecule has 2 saturated heterocycles. The van der Waals surface area contributed by atoms with Gasteiger partial charge in [-0.3, -0.25) is 4.18 Å². The number of oxime groups is 1. The van der Waals surface area contributed by atoms with Crippen LogP contribution in [0.3, 0.4) is 0 Å². The minimum Gasteiger partial charge on any atom is -0.443 e. The highest BCUT2D eigenvalue weighted by Gasteiger charge is 2.54. The van der Waals surface area contributed by atoms with Gasteiger partial charge in [0, 0.05) is 5.04 Å². The van der Waals surface area contributed by atoms with Crippen LogP contribution < -0.4 is 10.4 Å². The molecular weight excluding hydrogens is 550 g/mol. The lowest BCUT2D eigenvalue weighted by atomic mass is 10.0. The van der Waals surface area contributed by atoms with Crippen LogP contribution in [-0.4, -0.2) is 71.8 Å². The van der Waals surface area contributed by atoms with Gasteiger partial charge in [-0.15, -0.1) is 5.16 Å². The van der Waals surface area contributed by atoms with Gasteiger partial charge < -0.3 is 23.5 Å². The number of ether oxygens (including phenoxy) is 4. The van der Waals surface area contributed by atoms with E-state index in [2.05, 4.69) is 50.2 Å². The maximum atomic E-state index is 12.3. The third-order valence-corrected chi connectivity index (χ3v) is 12.3. The normalized spacial score (nSPS) is 25.8. The summed E-state index contributed by atoms with van der Waals surface area (Å²) < 4.78 is 60.8. The van der Waals surface area contributed by atoms with Gasteiger partial charge in [0.1, 0.15) is 24.4 Å². The molecule has 9 nitrogen and oxygen atoms in total. The second-order valence-electron chi connectivity index (χ2n) is 12.2. The van der Waals surface area contributed by atoms with Crippen molar-refractivity contribution in [2.24, 2.45) is 5.16 Å². The van der Waals surface area contributed by atoms with Gasteiger partial charge in [0.05, 0.1) is 19.1 Å². The van der Waals surface area contributed by atoms with E-state index in [1.165, 1.54) is 0 Å². The number of hydrogen-bond donors (Lipinski definition) is 0. The molecule has 0 aromatic heterocycles. The molecule has 0 bridgehead atoms. The van der Waals surface area contributed by atoms with Crippen LogP contribution >= 0.6 is 0 Å². The first-order valence-electron chi connectivity index (χ1n) is 13.4. The molecule has 0 radical (unpaired) electrons. The highest BCUT2D eigenvalue weighted by atomic mass is 32.2. The third-order valence-electron chi connectivity index (χ3n) is 6.98. The van der Waals surface area contributed by atoms with Gasteiger partial charge in [-0.2, -0.15) is 8.42 Å². The number of rotatable bonds is 9. The van der Waals surface area contributed by atoms with Crippen LogP contribution in [0.2, 0.25) is 5.04 Å². The summed E-state index contributed by atoms with van der Waals surface area (Å²) in [6.45, 7) is 13.6. The van der Waals surface area contributed by atoms with Crippen molar-refractivity contribution >= 4 is 35.0 Å². The SMILES string of the molecule is CC1(C)OC[C@@H]([C@@H](OS(C)(=O)=O)[C@@H]2OC(C)(C)O[C@@H]2/C=N/O[Si](c2ccccc2)(c2ccccc2)C(C)(C)C)O1. The maximum absolute atomic E-state index is 12.3. The molecule has 220 valence electrons. The summed E-state index contributed by atoms with van der Waals surface area (Å²) in [6.07, 6.45) is -0.857. The molecule has 2 aliphatic rings. The summed E-state index contributed by atoms with van der Waals surface area (Å²) in [5, 5.41) is 6.40. The fraction of sp³-hybridized carbons (Fsp3) is 0.552. The van der Waals surface area contributed by atoms with Crippen molar-refractivity contribution in [2.45, 2.75) is 89.5 Å². The molecule has 4 atom stereocenters. The largest absolute Gasteiger partial charge is 0.443 e. The van der Waals surface area contributed by atoms with E-state index >= 15 is 0 Å². The molecule has 2 aliphatic heterocycles. The molecule has 11 heteroatoms. The molecular formula is C29H41NO8SSi. The van der Waals surface area contributed by atoms with E-state index in [1.807, 2.05) is 36.4 Å². The Morgan fingerprint density at radius 1 is 0.925 bits per heavy atom. The average Bonchev–Trinajstić information content (AvgIpc) is 3.37. The smallest absolute Gasteiger partial charge is 0.354 e. The predicted molar refractivity (Wildman–Crippen MR) is 156 cm³/mol. The Hall–Kier alpha value is -2.12. The van der Waals surface area contributed by atoms with E-state index in [0.29, 0.717) is 0 Å². The zero-order valence-corrected chi connectivity index (χ0v) is 26.3. The van der Waals surface area contributed by atoms with Gasteiger partial charge in [0.2, 0.25) is 0 Å². The Balaban J connectivity index is 1.71. The highest BCUT2D eigenvalue weighted by molar-refractivity contribution is 7.86. The molecule has 4 rings (SSSR count). The number of benzene rings is 2. The van der Waals surface area contributed by atoms with Crippen molar-refractivity contribution in [1.82, 2.24) is 0 Å². The molecule has 0 unspecified atom stereocenters. The zero-order chi connectivity index (χ0) is 29.4. The molecule has 0 aliphatic carbocycles. The second-order valence-corrected chi connectivity index (χ2v) is 18.0. The topological polar surface area (TPSA) is 102 Å². The fourth-order valence-electron chi connectivity index (χ4n) is 5.38. The predicted octanol–water partition coefficient (Wildman–Crippen LogP) is 3.57. The lowest BCUT2D eigenvalue weighted by Gasteiger charge is -2.40. The van der Waals surface area contributed by atoms with Crippen molar-refractivity contribution in [2.75, 3.05) is 12.9 Å². The van der Waals surface area contributed by atoms with E-state index in [4.69, 9.17) is 27.7 Å². The van der Waals surface area contributed by atoms with E-state index in [-0.39, 0.29) is 11.6 Å². The quantitative estimate of drug-likeness (QED) is 0.189. The van der Waals surface area contributed by atoms with Gasteiger partial charge in [-0.25, -0.2) is 0 Å². The van der Waals surface area contributed by atoms with Crippen LogP contribution in [0.1, 0.15) is 48.5 Å².